The minimum absolute atomic E-state index is 0.0878. The lowest BCUT2D eigenvalue weighted by atomic mass is 9.69. The highest BCUT2D eigenvalue weighted by molar-refractivity contribution is 8.00. The van der Waals surface area contributed by atoms with Crippen LogP contribution in [0.4, 0.5) is 0 Å². The summed E-state index contributed by atoms with van der Waals surface area (Å²) < 4.78 is 0. The molecule has 0 radical (unpaired) electrons. The lowest BCUT2D eigenvalue weighted by Gasteiger charge is -2.39. The summed E-state index contributed by atoms with van der Waals surface area (Å²) in [5, 5.41) is 11.7. The molecule has 0 saturated heterocycles. The molecule has 2 aliphatic carbocycles. The van der Waals surface area contributed by atoms with Crippen LogP contribution in [0.3, 0.4) is 0 Å². The van der Waals surface area contributed by atoms with Gasteiger partial charge in [-0.15, -0.1) is 11.8 Å². The number of nitriles is 1. The van der Waals surface area contributed by atoms with Gasteiger partial charge >= 0.3 is 0 Å². The first-order valence-corrected chi connectivity index (χ1v) is 7.81. The van der Waals surface area contributed by atoms with Crippen molar-refractivity contribution in [3.05, 3.63) is 0 Å². The highest BCUT2D eigenvalue weighted by Crippen LogP contribution is 2.65. The van der Waals surface area contributed by atoms with Gasteiger partial charge in [-0.25, -0.2) is 0 Å². The van der Waals surface area contributed by atoms with E-state index in [1.807, 2.05) is 6.07 Å². The third-order valence-corrected chi connectivity index (χ3v) is 6.33. The summed E-state index contributed by atoms with van der Waals surface area (Å²) in [6, 6.07) is 2.37. The topological polar surface area (TPSA) is 52.9 Å². The third-order valence-electron chi connectivity index (χ3n) is 5.53. The van der Waals surface area contributed by atoms with Crippen molar-refractivity contribution in [3.8, 4) is 6.07 Å². The minimum atomic E-state index is 0.0878. The van der Waals surface area contributed by atoms with E-state index in [1.165, 1.54) is 24.6 Å². The van der Waals surface area contributed by atoms with Crippen LogP contribution in [0.25, 0.3) is 0 Å². The molecule has 3 atom stereocenters. The normalized spacial score (nSPS) is 36.3. The van der Waals surface area contributed by atoms with E-state index in [4.69, 9.17) is 5.26 Å². The predicted molar refractivity (Wildman–Crippen MR) is 74.1 cm³/mol. The molecule has 3 unspecified atom stereocenters. The van der Waals surface area contributed by atoms with E-state index in [-0.39, 0.29) is 11.3 Å². The number of nitrogens with zero attached hydrogens (tertiary/aromatic N) is 1. The number of carbonyl (C=O) groups is 1. The highest BCUT2D eigenvalue weighted by atomic mass is 32.2. The first kappa shape index (κ1) is 13.7. The average Bonchev–Trinajstić information content (AvgIpc) is 2.62. The zero-order chi connectivity index (χ0) is 13.4. The zero-order valence-corrected chi connectivity index (χ0v) is 12.3. The maximum atomic E-state index is 11.9. The number of amides is 1. The maximum Gasteiger partial charge on any atom is 0.230 e. The van der Waals surface area contributed by atoms with Crippen molar-refractivity contribution in [1.29, 1.82) is 5.26 Å². The number of carbonyl (C=O) groups excluding carboxylic acids is 1. The summed E-state index contributed by atoms with van der Waals surface area (Å²) in [6.07, 6.45) is 3.65. The molecule has 3 nitrogen and oxygen atoms in total. The largest absolute Gasteiger partial charge is 0.352 e. The van der Waals surface area contributed by atoms with Crippen molar-refractivity contribution in [3.63, 3.8) is 0 Å². The van der Waals surface area contributed by atoms with Crippen LogP contribution in [0.1, 0.15) is 40.0 Å². The van der Waals surface area contributed by atoms with Crippen molar-refractivity contribution < 1.29 is 4.79 Å². The van der Waals surface area contributed by atoms with Gasteiger partial charge in [0.05, 0.1) is 17.6 Å². The molecule has 2 bridgehead atoms. The van der Waals surface area contributed by atoms with Gasteiger partial charge in [-0.05, 0) is 36.0 Å². The van der Waals surface area contributed by atoms with E-state index in [0.29, 0.717) is 23.0 Å². The summed E-state index contributed by atoms with van der Waals surface area (Å²) in [6.45, 7) is 7.02. The Labute approximate surface area is 114 Å². The van der Waals surface area contributed by atoms with Crippen LogP contribution in [0.15, 0.2) is 0 Å². The van der Waals surface area contributed by atoms with E-state index in [0.717, 1.165) is 12.3 Å². The molecular weight excluding hydrogens is 244 g/mol. The van der Waals surface area contributed by atoms with Crippen molar-refractivity contribution in [2.75, 3.05) is 11.5 Å². The standard InChI is InChI=1S/C14H22N2OS/c1-13(2)10-4-5-14(13,3)11(8-10)16-12(17)9-18-7-6-15/h10-11H,4-5,7-9H2,1-3H3,(H,16,17). The van der Waals surface area contributed by atoms with Gasteiger partial charge in [0.25, 0.3) is 0 Å². The Hall–Kier alpha value is -0.690. The van der Waals surface area contributed by atoms with Crippen LogP contribution in [-0.2, 0) is 4.79 Å². The van der Waals surface area contributed by atoms with Crippen LogP contribution >= 0.6 is 11.8 Å². The monoisotopic (exact) mass is 266 g/mol. The van der Waals surface area contributed by atoms with Gasteiger partial charge in [-0.2, -0.15) is 5.26 Å². The Balaban J connectivity index is 1.93. The number of nitrogens with one attached hydrogen (secondary N) is 1. The van der Waals surface area contributed by atoms with E-state index in [1.54, 1.807) is 0 Å². The van der Waals surface area contributed by atoms with Crippen LogP contribution < -0.4 is 5.32 Å². The molecule has 0 spiro atoms. The van der Waals surface area contributed by atoms with E-state index >= 15 is 0 Å². The fourth-order valence-corrected chi connectivity index (χ4v) is 4.31. The molecule has 0 heterocycles. The maximum absolute atomic E-state index is 11.9. The molecule has 100 valence electrons. The van der Waals surface area contributed by atoms with Crippen LogP contribution in [0, 0.1) is 28.1 Å². The molecular formula is C14H22N2OS. The number of hydrogen-bond acceptors (Lipinski definition) is 3. The lowest BCUT2D eigenvalue weighted by molar-refractivity contribution is -0.120. The quantitative estimate of drug-likeness (QED) is 0.796. The highest BCUT2D eigenvalue weighted by Gasteiger charge is 2.61. The summed E-state index contributed by atoms with van der Waals surface area (Å²) in [7, 11) is 0. The van der Waals surface area contributed by atoms with Crippen LogP contribution in [-0.4, -0.2) is 23.5 Å². The Bertz CT molecular complexity index is 388. The molecule has 4 heteroatoms. The molecule has 18 heavy (non-hydrogen) atoms. The number of thioether (sulfide) groups is 1. The molecule has 2 aliphatic rings. The van der Waals surface area contributed by atoms with Crippen molar-refractivity contribution in [2.24, 2.45) is 16.7 Å². The molecule has 0 aromatic rings. The zero-order valence-electron chi connectivity index (χ0n) is 11.5. The van der Waals surface area contributed by atoms with Gasteiger partial charge in [0.1, 0.15) is 0 Å². The molecule has 2 rings (SSSR count). The van der Waals surface area contributed by atoms with Crippen molar-refractivity contribution in [2.45, 2.75) is 46.1 Å². The van der Waals surface area contributed by atoms with Crippen molar-refractivity contribution >= 4 is 17.7 Å². The Kier molecular flexibility index (Phi) is 3.64. The molecule has 1 amide bonds. The van der Waals surface area contributed by atoms with Gasteiger partial charge in [-0.1, -0.05) is 20.8 Å². The molecule has 0 aliphatic heterocycles. The first-order valence-electron chi connectivity index (χ1n) is 6.66. The van der Waals surface area contributed by atoms with Crippen LogP contribution in [0.5, 0.6) is 0 Å². The van der Waals surface area contributed by atoms with Crippen LogP contribution in [0.2, 0.25) is 0 Å². The SMILES string of the molecule is CC1(C)C2CCC1(C)C(NC(=O)CSCC#N)C2. The van der Waals surface area contributed by atoms with E-state index in [9.17, 15) is 4.79 Å². The molecule has 1 N–H and O–H groups in total. The van der Waals surface area contributed by atoms with Gasteiger partial charge < -0.3 is 5.32 Å². The predicted octanol–water partition coefficient (Wildman–Crippen LogP) is 2.57. The summed E-state index contributed by atoms with van der Waals surface area (Å²) in [5.74, 6) is 1.64. The summed E-state index contributed by atoms with van der Waals surface area (Å²) >= 11 is 1.39. The summed E-state index contributed by atoms with van der Waals surface area (Å²) in [5.41, 5.74) is 0.581. The number of hydrogen-bond donors (Lipinski definition) is 1. The van der Waals surface area contributed by atoms with E-state index < -0.39 is 0 Å². The molecule has 0 aromatic carbocycles. The van der Waals surface area contributed by atoms with Gasteiger partial charge in [0, 0.05) is 6.04 Å². The fourth-order valence-electron chi connectivity index (χ4n) is 3.85. The second kappa shape index (κ2) is 4.77. The Morgan fingerprint density at radius 1 is 1.50 bits per heavy atom. The fraction of sp³-hybridized carbons (Fsp3) is 0.857. The second-order valence-corrected chi connectivity index (χ2v) is 7.37. The first-order chi connectivity index (χ1) is 8.41. The molecule has 2 saturated carbocycles. The van der Waals surface area contributed by atoms with Gasteiger partial charge in [0.2, 0.25) is 5.91 Å². The lowest BCUT2D eigenvalue weighted by Crippen LogP contribution is -2.47. The second-order valence-electron chi connectivity index (χ2n) is 6.38. The van der Waals surface area contributed by atoms with Gasteiger partial charge in [-0.3, -0.25) is 4.79 Å². The Morgan fingerprint density at radius 3 is 2.72 bits per heavy atom. The number of rotatable bonds is 4. The minimum Gasteiger partial charge on any atom is -0.352 e. The smallest absolute Gasteiger partial charge is 0.230 e. The summed E-state index contributed by atoms with van der Waals surface area (Å²) in [4.78, 5) is 11.9. The number of fused-ring (bicyclic) bond motifs is 2. The van der Waals surface area contributed by atoms with Crippen molar-refractivity contribution in [1.82, 2.24) is 5.32 Å². The Morgan fingerprint density at radius 2 is 2.22 bits per heavy atom. The van der Waals surface area contributed by atoms with Gasteiger partial charge in [0.15, 0.2) is 0 Å². The average molecular weight is 266 g/mol. The molecule has 2 fully saturated rings. The third kappa shape index (κ3) is 2.03. The van der Waals surface area contributed by atoms with E-state index in [2.05, 4.69) is 26.1 Å². The molecule has 0 aromatic heterocycles.